The molecular weight excluding hydrogens is 347 g/mol. The summed E-state index contributed by atoms with van der Waals surface area (Å²) in [5.74, 6) is -0.704. The molecule has 3 rings (SSSR count). The van der Waals surface area contributed by atoms with Gasteiger partial charge in [-0.2, -0.15) is 0 Å². The molecule has 1 saturated heterocycles. The highest BCUT2D eigenvalue weighted by molar-refractivity contribution is 7.89. The minimum Gasteiger partial charge on any atom is -0.467 e. The molecule has 2 heterocycles. The first-order valence-corrected chi connectivity index (χ1v) is 9.59. The molecule has 0 aliphatic carbocycles. The maximum absolute atomic E-state index is 14.2. The van der Waals surface area contributed by atoms with Crippen molar-refractivity contribution in [3.05, 3.63) is 53.7 Å². The van der Waals surface area contributed by atoms with Crippen LogP contribution in [0.1, 0.15) is 47.8 Å². The summed E-state index contributed by atoms with van der Waals surface area (Å²) in [5.41, 5.74) is -0.301. The summed E-state index contributed by atoms with van der Waals surface area (Å²) in [5, 5.41) is 5.09. The molecule has 25 heavy (non-hydrogen) atoms. The highest BCUT2D eigenvalue weighted by Gasteiger charge is 2.31. The number of carbonyl (C=O) groups is 1. The Morgan fingerprint density at radius 1 is 1.24 bits per heavy atom. The van der Waals surface area contributed by atoms with E-state index in [4.69, 9.17) is 9.56 Å². The lowest BCUT2D eigenvalue weighted by Gasteiger charge is -2.29. The third kappa shape index (κ3) is 3.74. The van der Waals surface area contributed by atoms with Crippen molar-refractivity contribution in [1.29, 1.82) is 0 Å². The molecule has 1 amide bonds. The fraction of sp³-hybridized carbons (Fsp3) is 0.353. The first kappa shape index (κ1) is 17.6. The molecule has 8 heteroatoms. The van der Waals surface area contributed by atoms with Gasteiger partial charge >= 0.3 is 0 Å². The monoisotopic (exact) mass is 366 g/mol. The minimum absolute atomic E-state index is 0.290. The number of nitrogens with zero attached hydrogens (tertiary/aromatic N) is 1. The van der Waals surface area contributed by atoms with Gasteiger partial charge in [0.25, 0.3) is 5.91 Å². The Balaban J connectivity index is 2.00. The van der Waals surface area contributed by atoms with Gasteiger partial charge in [0, 0.05) is 6.54 Å². The number of nitrogens with two attached hydrogens (primary N) is 1. The van der Waals surface area contributed by atoms with E-state index in [-0.39, 0.29) is 16.5 Å². The lowest BCUT2D eigenvalue weighted by atomic mass is 10.1. The van der Waals surface area contributed by atoms with Crippen molar-refractivity contribution in [3.63, 3.8) is 0 Å². The third-order valence-electron chi connectivity index (χ3n) is 4.38. The number of primary sulfonamides is 1. The van der Waals surface area contributed by atoms with E-state index >= 15 is 0 Å². The van der Waals surface area contributed by atoms with Crippen LogP contribution >= 0.6 is 0 Å². The number of rotatable bonds is 3. The quantitative estimate of drug-likeness (QED) is 0.904. The average molecular weight is 366 g/mol. The van der Waals surface area contributed by atoms with Gasteiger partial charge in [0.1, 0.15) is 11.6 Å². The smallest absolute Gasteiger partial charge is 0.257 e. The van der Waals surface area contributed by atoms with E-state index in [1.54, 1.807) is 17.0 Å². The van der Waals surface area contributed by atoms with Crippen molar-refractivity contribution in [1.82, 2.24) is 4.90 Å². The Hall–Kier alpha value is -2.19. The summed E-state index contributed by atoms with van der Waals surface area (Å²) in [4.78, 5) is 14.2. The van der Waals surface area contributed by atoms with E-state index in [0.29, 0.717) is 18.7 Å². The van der Waals surface area contributed by atoms with Gasteiger partial charge in [0.15, 0.2) is 0 Å². The number of carbonyl (C=O) groups excluding carboxylic acids is 1. The van der Waals surface area contributed by atoms with Gasteiger partial charge in [-0.25, -0.2) is 17.9 Å². The lowest BCUT2D eigenvalue weighted by molar-refractivity contribution is 0.0653. The minimum atomic E-state index is -4.03. The summed E-state index contributed by atoms with van der Waals surface area (Å²) in [6.45, 7) is 0.448. The first-order chi connectivity index (χ1) is 11.9. The summed E-state index contributed by atoms with van der Waals surface area (Å²) in [6.07, 6.45) is 4.91. The van der Waals surface area contributed by atoms with Crippen LogP contribution in [-0.4, -0.2) is 25.8 Å². The number of likely N-dealkylation sites (tertiary alicyclic amines) is 1. The molecule has 0 radical (unpaired) electrons. The molecule has 0 unspecified atom stereocenters. The number of hydrogen-bond donors (Lipinski definition) is 1. The first-order valence-electron chi connectivity index (χ1n) is 8.04. The second-order valence-electron chi connectivity index (χ2n) is 6.07. The third-order valence-corrected chi connectivity index (χ3v) is 5.29. The fourth-order valence-electron chi connectivity index (χ4n) is 3.13. The Bertz CT molecular complexity index is 865. The lowest BCUT2D eigenvalue weighted by Crippen LogP contribution is -2.35. The normalized spacial score (nSPS) is 18.8. The van der Waals surface area contributed by atoms with E-state index < -0.39 is 21.7 Å². The molecule has 134 valence electrons. The summed E-state index contributed by atoms with van der Waals surface area (Å²) >= 11 is 0. The zero-order chi connectivity index (χ0) is 18.0. The van der Waals surface area contributed by atoms with Crippen molar-refractivity contribution in [2.75, 3.05) is 6.54 Å². The highest BCUT2D eigenvalue weighted by atomic mass is 32.2. The van der Waals surface area contributed by atoms with Gasteiger partial charge in [-0.05, 0) is 43.2 Å². The van der Waals surface area contributed by atoms with Crippen molar-refractivity contribution in [2.45, 2.75) is 36.6 Å². The number of hydrogen-bond acceptors (Lipinski definition) is 4. The van der Waals surface area contributed by atoms with E-state index in [0.717, 1.165) is 37.5 Å². The second-order valence-corrected chi connectivity index (χ2v) is 7.63. The Morgan fingerprint density at radius 3 is 2.72 bits per heavy atom. The van der Waals surface area contributed by atoms with Crippen LogP contribution in [0.2, 0.25) is 0 Å². The molecule has 1 fully saturated rings. The molecule has 1 atom stereocenters. The summed E-state index contributed by atoms with van der Waals surface area (Å²) in [7, 11) is -4.03. The Kier molecular flexibility index (Phi) is 4.91. The van der Waals surface area contributed by atoms with Crippen molar-refractivity contribution >= 4 is 15.9 Å². The van der Waals surface area contributed by atoms with Crippen LogP contribution in [0.5, 0.6) is 0 Å². The molecule has 1 aliphatic heterocycles. The maximum atomic E-state index is 14.2. The van der Waals surface area contributed by atoms with Crippen LogP contribution in [0.15, 0.2) is 45.9 Å². The number of sulfonamides is 1. The van der Waals surface area contributed by atoms with Gasteiger partial charge in [0.2, 0.25) is 10.0 Å². The van der Waals surface area contributed by atoms with Gasteiger partial charge in [-0.15, -0.1) is 0 Å². The van der Waals surface area contributed by atoms with E-state index in [2.05, 4.69) is 0 Å². The molecular formula is C17H19FN2O4S. The molecule has 0 spiro atoms. The van der Waals surface area contributed by atoms with Crippen molar-refractivity contribution in [2.24, 2.45) is 5.14 Å². The van der Waals surface area contributed by atoms with E-state index in [1.165, 1.54) is 6.26 Å². The number of amides is 1. The van der Waals surface area contributed by atoms with Gasteiger partial charge in [0.05, 0.1) is 22.8 Å². The zero-order valence-electron chi connectivity index (χ0n) is 13.5. The maximum Gasteiger partial charge on any atom is 0.257 e. The van der Waals surface area contributed by atoms with Crippen molar-refractivity contribution < 1.29 is 22.0 Å². The molecule has 1 aromatic carbocycles. The van der Waals surface area contributed by atoms with E-state index in [9.17, 15) is 17.6 Å². The molecule has 1 aliphatic rings. The number of halogens is 1. The van der Waals surface area contributed by atoms with Crippen LogP contribution in [0.3, 0.4) is 0 Å². The standard InChI is InChI=1S/C17H19FN2O4S/c18-14-8-7-12(25(19,22)23)11-13(14)17(21)20-9-3-1-2-5-15(20)16-6-4-10-24-16/h4,6-8,10-11,15H,1-3,5,9H2,(H2,19,22,23)/t15-/m1/s1. The predicted molar refractivity (Wildman–Crippen MR) is 88.7 cm³/mol. The Labute approximate surface area is 145 Å². The molecule has 1 aromatic heterocycles. The average Bonchev–Trinajstić information content (AvgIpc) is 2.98. The molecule has 2 N–H and O–H groups in total. The van der Waals surface area contributed by atoms with Crippen LogP contribution in [-0.2, 0) is 10.0 Å². The SMILES string of the molecule is NS(=O)(=O)c1ccc(F)c(C(=O)N2CCCCC[C@@H]2c2ccco2)c1. The van der Waals surface area contributed by atoms with Gasteiger partial charge in [-0.1, -0.05) is 12.8 Å². The van der Waals surface area contributed by atoms with E-state index in [1.807, 2.05) is 0 Å². The molecule has 6 nitrogen and oxygen atoms in total. The Morgan fingerprint density at radius 2 is 2.04 bits per heavy atom. The summed E-state index contributed by atoms with van der Waals surface area (Å²) in [6, 6.07) is 6.22. The fourth-order valence-corrected chi connectivity index (χ4v) is 3.67. The molecule has 2 aromatic rings. The molecule has 0 bridgehead atoms. The summed E-state index contributed by atoms with van der Waals surface area (Å²) < 4.78 is 42.7. The van der Waals surface area contributed by atoms with Crippen molar-refractivity contribution in [3.8, 4) is 0 Å². The predicted octanol–water partition coefficient (Wildman–Crippen LogP) is 2.82. The topological polar surface area (TPSA) is 93.6 Å². The number of benzene rings is 1. The van der Waals surface area contributed by atoms with Gasteiger partial charge in [-0.3, -0.25) is 4.79 Å². The van der Waals surface area contributed by atoms with Crippen LogP contribution < -0.4 is 5.14 Å². The second kappa shape index (κ2) is 6.97. The van der Waals surface area contributed by atoms with Crippen LogP contribution in [0.4, 0.5) is 4.39 Å². The zero-order valence-corrected chi connectivity index (χ0v) is 14.3. The number of furan rings is 1. The molecule has 0 saturated carbocycles. The highest BCUT2D eigenvalue weighted by Crippen LogP contribution is 2.32. The van der Waals surface area contributed by atoms with Gasteiger partial charge < -0.3 is 9.32 Å². The van der Waals surface area contributed by atoms with Crippen LogP contribution in [0, 0.1) is 5.82 Å². The van der Waals surface area contributed by atoms with Crippen LogP contribution in [0.25, 0.3) is 0 Å². The largest absolute Gasteiger partial charge is 0.467 e.